The van der Waals surface area contributed by atoms with E-state index in [4.69, 9.17) is 4.84 Å². The van der Waals surface area contributed by atoms with Crippen LogP contribution in [0.3, 0.4) is 0 Å². The third-order valence-electron chi connectivity index (χ3n) is 2.59. The Labute approximate surface area is 105 Å². The lowest BCUT2D eigenvalue weighted by Gasteiger charge is -2.25. The van der Waals surface area contributed by atoms with E-state index in [1.165, 1.54) is 19.3 Å². The molecule has 0 aliphatic carbocycles. The maximum absolute atomic E-state index is 5.76. The van der Waals surface area contributed by atoms with Gasteiger partial charge in [0.05, 0.1) is 6.54 Å². The average molecular weight is 282 g/mol. The van der Waals surface area contributed by atoms with Gasteiger partial charge in [0, 0.05) is 16.2 Å². The molecule has 0 N–H and O–H groups in total. The molecule has 86 valence electrons. The van der Waals surface area contributed by atoms with E-state index in [1.54, 1.807) is 0 Å². The molecule has 2 rings (SSSR count). The van der Waals surface area contributed by atoms with Crippen LogP contribution in [-0.2, 0) is 0 Å². The Hall–Kier alpha value is -0.960. The molecular weight excluding hydrogens is 266 g/mol. The van der Waals surface area contributed by atoms with Crippen molar-refractivity contribution < 1.29 is 4.84 Å². The first kappa shape index (κ1) is 11.5. The van der Waals surface area contributed by atoms with Crippen LogP contribution < -0.4 is 4.84 Å². The van der Waals surface area contributed by atoms with E-state index in [0.717, 1.165) is 22.3 Å². The summed E-state index contributed by atoms with van der Waals surface area (Å²) in [5.41, 5.74) is 1.13. The number of hydrogen-bond acceptors (Lipinski definition) is 2. The highest BCUT2D eigenvalue weighted by Crippen LogP contribution is 2.28. The van der Waals surface area contributed by atoms with Crippen LogP contribution in [0.1, 0.15) is 31.7 Å². The predicted octanol–water partition coefficient (Wildman–Crippen LogP) is 4.22. The van der Waals surface area contributed by atoms with E-state index >= 15 is 0 Å². The zero-order chi connectivity index (χ0) is 11.4. The second-order valence-corrected chi connectivity index (χ2v) is 4.85. The van der Waals surface area contributed by atoms with Crippen molar-refractivity contribution in [1.82, 2.24) is 5.06 Å². The van der Waals surface area contributed by atoms with Gasteiger partial charge in [-0.15, -0.1) is 0 Å². The molecular formula is C13H16BrNO. The van der Waals surface area contributed by atoms with E-state index in [1.807, 2.05) is 23.4 Å². The zero-order valence-corrected chi connectivity index (χ0v) is 11.0. The summed E-state index contributed by atoms with van der Waals surface area (Å²) in [6, 6.07) is 6.06. The highest BCUT2D eigenvalue weighted by atomic mass is 79.9. The summed E-state index contributed by atoms with van der Waals surface area (Å²) < 4.78 is 1.08. The van der Waals surface area contributed by atoms with Gasteiger partial charge in [0.2, 0.25) is 0 Å². The van der Waals surface area contributed by atoms with Gasteiger partial charge < -0.3 is 4.84 Å². The lowest BCUT2D eigenvalue weighted by Crippen LogP contribution is -2.25. The number of fused-ring (bicyclic) bond motifs is 1. The fourth-order valence-corrected chi connectivity index (χ4v) is 2.07. The molecule has 16 heavy (non-hydrogen) atoms. The number of hydroxylamine groups is 2. The number of unbranched alkanes of at least 4 members (excludes halogenated alkanes) is 2. The fraction of sp³-hybridized carbons (Fsp3) is 0.385. The average Bonchev–Trinajstić information content (AvgIpc) is 2.29. The molecule has 0 fully saturated rings. The molecule has 1 aromatic rings. The molecule has 0 saturated carbocycles. The van der Waals surface area contributed by atoms with Crippen LogP contribution in [-0.4, -0.2) is 11.6 Å². The Bertz CT molecular complexity index is 390. The number of rotatable bonds is 4. The van der Waals surface area contributed by atoms with Crippen molar-refractivity contribution in [1.29, 1.82) is 0 Å². The SMILES string of the molecule is CCCCCN1C=Cc2cc(Br)ccc2O1. The maximum atomic E-state index is 5.76. The van der Waals surface area contributed by atoms with Crippen LogP contribution in [0.25, 0.3) is 6.08 Å². The highest BCUT2D eigenvalue weighted by Gasteiger charge is 2.11. The molecule has 0 saturated heterocycles. The molecule has 3 heteroatoms. The third-order valence-corrected chi connectivity index (χ3v) is 3.08. The Morgan fingerprint density at radius 1 is 1.31 bits per heavy atom. The predicted molar refractivity (Wildman–Crippen MR) is 70.0 cm³/mol. The van der Waals surface area contributed by atoms with E-state index in [2.05, 4.69) is 35.0 Å². The normalized spacial score (nSPS) is 13.5. The molecule has 2 nitrogen and oxygen atoms in total. The van der Waals surface area contributed by atoms with Crippen molar-refractivity contribution in [3.8, 4) is 5.75 Å². The van der Waals surface area contributed by atoms with Crippen LogP contribution >= 0.6 is 15.9 Å². The van der Waals surface area contributed by atoms with Gasteiger partial charge in [0.15, 0.2) is 5.75 Å². The molecule has 0 aromatic heterocycles. The second-order valence-electron chi connectivity index (χ2n) is 3.94. The minimum atomic E-state index is 0.933. The summed E-state index contributed by atoms with van der Waals surface area (Å²) in [5.74, 6) is 0.933. The molecule has 0 unspecified atom stereocenters. The second kappa shape index (κ2) is 5.39. The van der Waals surface area contributed by atoms with E-state index in [0.29, 0.717) is 0 Å². The first-order valence-electron chi connectivity index (χ1n) is 5.72. The molecule has 0 amide bonds. The van der Waals surface area contributed by atoms with Crippen molar-refractivity contribution in [3.05, 3.63) is 34.4 Å². The number of benzene rings is 1. The number of hydrogen-bond donors (Lipinski definition) is 0. The topological polar surface area (TPSA) is 12.5 Å². The lowest BCUT2D eigenvalue weighted by molar-refractivity contribution is -0.0109. The van der Waals surface area contributed by atoms with E-state index in [-0.39, 0.29) is 0 Å². The van der Waals surface area contributed by atoms with Crippen LogP contribution in [0, 0.1) is 0 Å². The quantitative estimate of drug-likeness (QED) is 0.767. The summed E-state index contributed by atoms with van der Waals surface area (Å²) in [6.07, 6.45) is 7.76. The zero-order valence-electron chi connectivity index (χ0n) is 9.45. The van der Waals surface area contributed by atoms with Crippen molar-refractivity contribution in [2.45, 2.75) is 26.2 Å². The third kappa shape index (κ3) is 2.79. The maximum Gasteiger partial charge on any atom is 0.162 e. The smallest absolute Gasteiger partial charge is 0.162 e. The molecule has 1 aromatic carbocycles. The molecule has 0 atom stereocenters. The van der Waals surface area contributed by atoms with Crippen molar-refractivity contribution >= 4 is 22.0 Å². The standard InChI is InChI=1S/C13H16BrNO/c1-2-3-4-8-15-9-7-11-10-12(14)5-6-13(11)16-15/h5-7,9-10H,2-4,8H2,1H3. The number of halogens is 1. The van der Waals surface area contributed by atoms with Crippen LogP contribution in [0.15, 0.2) is 28.9 Å². The van der Waals surface area contributed by atoms with Gasteiger partial charge in [-0.1, -0.05) is 35.7 Å². The van der Waals surface area contributed by atoms with Crippen molar-refractivity contribution in [3.63, 3.8) is 0 Å². The van der Waals surface area contributed by atoms with Crippen LogP contribution in [0.5, 0.6) is 5.75 Å². The van der Waals surface area contributed by atoms with E-state index in [9.17, 15) is 0 Å². The Morgan fingerprint density at radius 3 is 3.00 bits per heavy atom. The van der Waals surface area contributed by atoms with Gasteiger partial charge in [-0.2, -0.15) is 0 Å². The lowest BCUT2D eigenvalue weighted by atomic mass is 10.2. The largest absolute Gasteiger partial charge is 0.380 e. The molecule has 1 heterocycles. The molecule has 0 spiro atoms. The number of nitrogens with zero attached hydrogens (tertiary/aromatic N) is 1. The minimum Gasteiger partial charge on any atom is -0.380 e. The highest BCUT2D eigenvalue weighted by molar-refractivity contribution is 9.10. The molecule has 1 aliphatic rings. The van der Waals surface area contributed by atoms with Gasteiger partial charge in [0.25, 0.3) is 0 Å². The fourth-order valence-electron chi connectivity index (χ4n) is 1.69. The van der Waals surface area contributed by atoms with Gasteiger partial charge in [-0.05, 0) is 30.7 Å². The summed E-state index contributed by atoms with van der Waals surface area (Å²) >= 11 is 3.45. The van der Waals surface area contributed by atoms with Gasteiger partial charge >= 0.3 is 0 Å². The first-order valence-corrected chi connectivity index (χ1v) is 6.51. The Balaban J connectivity index is 1.99. The van der Waals surface area contributed by atoms with Gasteiger partial charge in [-0.25, -0.2) is 5.06 Å². The van der Waals surface area contributed by atoms with Crippen molar-refractivity contribution in [2.75, 3.05) is 6.54 Å². The van der Waals surface area contributed by atoms with Gasteiger partial charge in [0.1, 0.15) is 0 Å². The van der Waals surface area contributed by atoms with Gasteiger partial charge in [-0.3, -0.25) is 0 Å². The molecule has 1 aliphatic heterocycles. The Morgan fingerprint density at radius 2 is 2.19 bits per heavy atom. The monoisotopic (exact) mass is 281 g/mol. The van der Waals surface area contributed by atoms with E-state index < -0.39 is 0 Å². The molecule has 0 radical (unpaired) electrons. The molecule has 0 bridgehead atoms. The summed E-state index contributed by atoms with van der Waals surface area (Å²) in [4.78, 5) is 5.76. The van der Waals surface area contributed by atoms with Crippen LogP contribution in [0.4, 0.5) is 0 Å². The first-order chi connectivity index (χ1) is 7.79. The summed E-state index contributed by atoms with van der Waals surface area (Å²) in [7, 11) is 0. The summed E-state index contributed by atoms with van der Waals surface area (Å²) in [6.45, 7) is 3.17. The van der Waals surface area contributed by atoms with Crippen molar-refractivity contribution in [2.24, 2.45) is 0 Å². The Kier molecular flexibility index (Phi) is 3.88. The summed E-state index contributed by atoms with van der Waals surface area (Å²) in [5, 5.41) is 1.91. The minimum absolute atomic E-state index is 0.933. The van der Waals surface area contributed by atoms with Crippen LogP contribution in [0.2, 0.25) is 0 Å².